The van der Waals surface area contributed by atoms with Crippen LogP contribution in [0, 0.1) is 5.82 Å². The minimum atomic E-state index is -0.359. The Labute approximate surface area is 89.2 Å². The van der Waals surface area contributed by atoms with Gasteiger partial charge in [0.25, 0.3) is 0 Å². The highest BCUT2D eigenvalue weighted by Gasteiger charge is 2.08. The van der Waals surface area contributed by atoms with Crippen molar-refractivity contribution in [1.29, 1.82) is 0 Å². The van der Waals surface area contributed by atoms with E-state index in [9.17, 15) is 4.39 Å². The lowest BCUT2D eigenvalue weighted by Gasteiger charge is -2.11. The van der Waals surface area contributed by atoms with E-state index in [1.807, 2.05) is 13.0 Å². The molecule has 4 heteroatoms. The zero-order valence-electron chi connectivity index (χ0n) is 9.05. The van der Waals surface area contributed by atoms with Crippen molar-refractivity contribution in [2.75, 3.05) is 20.4 Å². The Bertz CT molecular complexity index is 305. The summed E-state index contributed by atoms with van der Waals surface area (Å²) < 4.78 is 23.6. The lowest BCUT2D eigenvalue weighted by Crippen LogP contribution is -2.10. The number of hydrogen-bond acceptors (Lipinski definition) is 3. The molecule has 84 valence electrons. The van der Waals surface area contributed by atoms with Crippen molar-refractivity contribution in [2.45, 2.75) is 13.5 Å². The molecule has 0 amide bonds. The van der Waals surface area contributed by atoms with E-state index < -0.39 is 0 Å². The van der Waals surface area contributed by atoms with Gasteiger partial charge in [0.1, 0.15) is 0 Å². The normalized spacial score (nSPS) is 10.3. The van der Waals surface area contributed by atoms with Gasteiger partial charge in [-0.25, -0.2) is 4.39 Å². The molecule has 0 saturated carbocycles. The lowest BCUT2D eigenvalue weighted by molar-refractivity contribution is 0.0195. The van der Waals surface area contributed by atoms with Crippen molar-refractivity contribution >= 4 is 0 Å². The molecular formula is C11H16FNO2. The van der Waals surface area contributed by atoms with Crippen LogP contribution in [0.1, 0.15) is 12.5 Å². The zero-order valence-corrected chi connectivity index (χ0v) is 9.05. The fraction of sp³-hybridized carbons (Fsp3) is 0.455. The van der Waals surface area contributed by atoms with Gasteiger partial charge in [-0.3, -0.25) is 0 Å². The minimum Gasteiger partial charge on any atom is -0.464 e. The molecular weight excluding hydrogens is 197 g/mol. The maximum atomic E-state index is 13.4. The van der Waals surface area contributed by atoms with E-state index in [0.29, 0.717) is 13.2 Å². The van der Waals surface area contributed by atoms with Crippen LogP contribution in [0.25, 0.3) is 0 Å². The second-order valence-corrected chi connectivity index (χ2v) is 3.01. The van der Waals surface area contributed by atoms with Gasteiger partial charge >= 0.3 is 0 Å². The van der Waals surface area contributed by atoms with E-state index in [2.05, 4.69) is 5.32 Å². The molecule has 3 nitrogen and oxygen atoms in total. The monoisotopic (exact) mass is 213 g/mol. The number of para-hydroxylation sites is 1. The molecule has 0 bridgehead atoms. The standard InChI is InChI=1S/C11H16FNO2/c1-3-14-8-15-11-9(7-13-2)5-4-6-10(11)12/h4-6,13H,3,7-8H2,1-2H3. The minimum absolute atomic E-state index is 0.0775. The molecule has 1 aromatic rings. The summed E-state index contributed by atoms with van der Waals surface area (Å²) in [6, 6.07) is 4.86. The van der Waals surface area contributed by atoms with E-state index in [1.165, 1.54) is 6.07 Å². The van der Waals surface area contributed by atoms with Crippen LogP contribution in [-0.4, -0.2) is 20.4 Å². The molecule has 0 spiro atoms. The van der Waals surface area contributed by atoms with Crippen molar-refractivity contribution in [2.24, 2.45) is 0 Å². The summed E-state index contributed by atoms with van der Waals surface area (Å²) in [5.74, 6) is -0.0947. The Balaban J connectivity index is 2.72. The van der Waals surface area contributed by atoms with Crippen LogP contribution in [0.2, 0.25) is 0 Å². The molecule has 0 radical (unpaired) electrons. The predicted molar refractivity (Wildman–Crippen MR) is 56.3 cm³/mol. The second-order valence-electron chi connectivity index (χ2n) is 3.01. The summed E-state index contributed by atoms with van der Waals surface area (Å²) >= 11 is 0. The second kappa shape index (κ2) is 6.37. The third-order valence-electron chi connectivity index (χ3n) is 1.91. The van der Waals surface area contributed by atoms with Crippen LogP contribution in [0.15, 0.2) is 18.2 Å². The third kappa shape index (κ3) is 3.49. The molecule has 1 aromatic carbocycles. The number of nitrogens with one attached hydrogen (secondary N) is 1. The molecule has 15 heavy (non-hydrogen) atoms. The zero-order chi connectivity index (χ0) is 11.1. The highest BCUT2D eigenvalue weighted by molar-refractivity contribution is 5.34. The van der Waals surface area contributed by atoms with Crippen LogP contribution < -0.4 is 10.1 Å². The summed E-state index contributed by atoms with van der Waals surface area (Å²) in [5.41, 5.74) is 0.789. The van der Waals surface area contributed by atoms with Crippen molar-refractivity contribution in [3.05, 3.63) is 29.6 Å². The molecule has 1 N–H and O–H groups in total. The van der Waals surface area contributed by atoms with Crippen molar-refractivity contribution in [3.63, 3.8) is 0 Å². The topological polar surface area (TPSA) is 30.5 Å². The van der Waals surface area contributed by atoms with E-state index in [4.69, 9.17) is 9.47 Å². The van der Waals surface area contributed by atoms with Gasteiger partial charge in [-0.05, 0) is 20.0 Å². The average molecular weight is 213 g/mol. The van der Waals surface area contributed by atoms with Gasteiger partial charge in [0.15, 0.2) is 18.4 Å². The first-order valence-electron chi connectivity index (χ1n) is 4.92. The quantitative estimate of drug-likeness (QED) is 0.578. The Kier molecular flexibility index (Phi) is 5.07. The highest BCUT2D eigenvalue weighted by Crippen LogP contribution is 2.22. The molecule has 0 aliphatic rings. The average Bonchev–Trinajstić information content (AvgIpc) is 2.23. The van der Waals surface area contributed by atoms with Gasteiger partial charge < -0.3 is 14.8 Å². The Hall–Kier alpha value is -1.13. The van der Waals surface area contributed by atoms with Crippen LogP contribution in [0.5, 0.6) is 5.75 Å². The molecule has 0 aliphatic carbocycles. The number of benzene rings is 1. The van der Waals surface area contributed by atoms with Gasteiger partial charge in [0.05, 0.1) is 0 Å². The van der Waals surface area contributed by atoms with Crippen LogP contribution in [-0.2, 0) is 11.3 Å². The Morgan fingerprint density at radius 3 is 2.87 bits per heavy atom. The first-order chi connectivity index (χ1) is 7.29. The summed E-state index contributed by atoms with van der Waals surface area (Å²) in [4.78, 5) is 0. The van der Waals surface area contributed by atoms with Crippen molar-refractivity contribution in [3.8, 4) is 5.75 Å². The molecule has 0 saturated heterocycles. The summed E-state index contributed by atoms with van der Waals surface area (Å²) in [6.07, 6.45) is 0. The van der Waals surface area contributed by atoms with Crippen LogP contribution >= 0.6 is 0 Å². The summed E-state index contributed by atoms with van der Waals surface area (Å²) in [7, 11) is 1.80. The fourth-order valence-corrected chi connectivity index (χ4v) is 1.23. The first-order valence-corrected chi connectivity index (χ1v) is 4.92. The third-order valence-corrected chi connectivity index (χ3v) is 1.91. The molecule has 0 atom stereocenters. The number of hydrogen-bond donors (Lipinski definition) is 1. The Morgan fingerprint density at radius 1 is 1.40 bits per heavy atom. The first kappa shape index (κ1) is 11.9. The van der Waals surface area contributed by atoms with Gasteiger partial charge in [0.2, 0.25) is 0 Å². The molecule has 0 fully saturated rings. The summed E-state index contributed by atoms with van der Waals surface area (Å²) in [6.45, 7) is 3.06. The predicted octanol–water partition coefficient (Wildman–Crippen LogP) is 1.92. The largest absolute Gasteiger partial charge is 0.464 e. The molecule has 0 heterocycles. The maximum absolute atomic E-state index is 13.4. The molecule has 0 aliphatic heterocycles. The van der Waals surface area contributed by atoms with Crippen molar-refractivity contribution < 1.29 is 13.9 Å². The fourth-order valence-electron chi connectivity index (χ4n) is 1.23. The smallest absolute Gasteiger partial charge is 0.189 e. The van der Waals surface area contributed by atoms with E-state index in [1.54, 1.807) is 13.1 Å². The number of rotatable bonds is 6. The number of ether oxygens (including phenoxy) is 2. The molecule has 0 unspecified atom stereocenters. The van der Waals surface area contributed by atoms with Crippen LogP contribution in [0.3, 0.4) is 0 Å². The Morgan fingerprint density at radius 2 is 2.20 bits per heavy atom. The highest BCUT2D eigenvalue weighted by atomic mass is 19.1. The van der Waals surface area contributed by atoms with E-state index in [-0.39, 0.29) is 18.4 Å². The molecule has 1 rings (SSSR count). The van der Waals surface area contributed by atoms with E-state index in [0.717, 1.165) is 5.56 Å². The molecule has 0 aromatic heterocycles. The lowest BCUT2D eigenvalue weighted by atomic mass is 10.2. The maximum Gasteiger partial charge on any atom is 0.189 e. The van der Waals surface area contributed by atoms with Gasteiger partial charge in [-0.2, -0.15) is 0 Å². The van der Waals surface area contributed by atoms with Gasteiger partial charge in [0, 0.05) is 18.7 Å². The van der Waals surface area contributed by atoms with Gasteiger partial charge in [-0.1, -0.05) is 12.1 Å². The summed E-state index contributed by atoms with van der Waals surface area (Å²) in [5, 5.41) is 2.95. The SMILES string of the molecule is CCOCOc1c(F)cccc1CNC. The van der Waals surface area contributed by atoms with Crippen molar-refractivity contribution in [1.82, 2.24) is 5.32 Å². The number of halogens is 1. The van der Waals surface area contributed by atoms with Crippen LogP contribution in [0.4, 0.5) is 4.39 Å². The van der Waals surface area contributed by atoms with Gasteiger partial charge in [-0.15, -0.1) is 0 Å². The van der Waals surface area contributed by atoms with E-state index >= 15 is 0 Å².